The first kappa shape index (κ1) is 9.51. The fourth-order valence-corrected chi connectivity index (χ4v) is 3.11. The third-order valence-corrected chi connectivity index (χ3v) is 3.38. The van der Waals surface area contributed by atoms with Gasteiger partial charge in [-0.05, 0) is 36.5 Å². The van der Waals surface area contributed by atoms with E-state index >= 15 is 0 Å². The highest BCUT2D eigenvalue weighted by molar-refractivity contribution is 4.86. The zero-order valence-corrected chi connectivity index (χ0v) is 9.34. The van der Waals surface area contributed by atoms with E-state index in [0.717, 1.165) is 11.8 Å². The van der Waals surface area contributed by atoms with Crippen molar-refractivity contribution in [1.29, 1.82) is 0 Å². The molecule has 1 saturated carbocycles. The Morgan fingerprint density at radius 3 is 2.08 bits per heavy atom. The molecule has 1 heterocycles. The average Bonchev–Trinajstić information content (AvgIpc) is 2.27. The number of rotatable bonds is 1. The van der Waals surface area contributed by atoms with E-state index in [1.807, 2.05) is 0 Å². The standard InChI is InChI=1S/C12H23N/c1-12(2,3)9-13-7-10-4-5-11(6-10)8-13/h10-11H,4-9H2,1-3H3. The number of hydrogen-bond acceptors (Lipinski definition) is 1. The number of nitrogens with zero attached hydrogens (tertiary/aromatic N) is 1. The largest absolute Gasteiger partial charge is 0.302 e. The van der Waals surface area contributed by atoms with Gasteiger partial charge in [-0.3, -0.25) is 0 Å². The van der Waals surface area contributed by atoms with Crippen LogP contribution in [0.4, 0.5) is 0 Å². The van der Waals surface area contributed by atoms with E-state index in [9.17, 15) is 0 Å². The Morgan fingerprint density at radius 1 is 1.08 bits per heavy atom. The third-order valence-electron chi connectivity index (χ3n) is 3.38. The second kappa shape index (κ2) is 3.27. The molecule has 2 aliphatic rings. The summed E-state index contributed by atoms with van der Waals surface area (Å²) in [5.41, 5.74) is 0.483. The quantitative estimate of drug-likeness (QED) is 0.601. The molecule has 1 heteroatoms. The Labute approximate surface area is 82.5 Å². The molecule has 2 bridgehead atoms. The number of fused-ring (bicyclic) bond motifs is 2. The summed E-state index contributed by atoms with van der Waals surface area (Å²) in [6.45, 7) is 11.1. The van der Waals surface area contributed by atoms with Crippen molar-refractivity contribution in [3.05, 3.63) is 0 Å². The van der Waals surface area contributed by atoms with E-state index in [-0.39, 0.29) is 0 Å². The van der Waals surface area contributed by atoms with Gasteiger partial charge in [-0.25, -0.2) is 0 Å². The van der Waals surface area contributed by atoms with Crippen molar-refractivity contribution in [2.75, 3.05) is 19.6 Å². The van der Waals surface area contributed by atoms with Crippen LogP contribution in [0.1, 0.15) is 40.0 Å². The van der Waals surface area contributed by atoms with Crippen molar-refractivity contribution in [1.82, 2.24) is 4.90 Å². The predicted octanol–water partition coefficient (Wildman–Crippen LogP) is 2.76. The van der Waals surface area contributed by atoms with Crippen LogP contribution in [0.5, 0.6) is 0 Å². The van der Waals surface area contributed by atoms with Crippen LogP contribution in [-0.4, -0.2) is 24.5 Å². The molecule has 0 spiro atoms. The smallest absolute Gasteiger partial charge is 0.00303 e. The lowest BCUT2D eigenvalue weighted by Gasteiger charge is -2.36. The van der Waals surface area contributed by atoms with Crippen LogP contribution in [0.2, 0.25) is 0 Å². The minimum atomic E-state index is 0.483. The first-order chi connectivity index (χ1) is 6.03. The number of likely N-dealkylation sites (tertiary alicyclic amines) is 1. The molecular formula is C12H23N. The Morgan fingerprint density at radius 2 is 1.62 bits per heavy atom. The second-order valence-corrected chi connectivity index (χ2v) is 6.30. The van der Waals surface area contributed by atoms with E-state index in [0.29, 0.717) is 5.41 Å². The van der Waals surface area contributed by atoms with Crippen LogP contribution in [0.3, 0.4) is 0 Å². The van der Waals surface area contributed by atoms with E-state index in [4.69, 9.17) is 0 Å². The number of piperidine rings is 1. The molecule has 1 aliphatic heterocycles. The van der Waals surface area contributed by atoms with Crippen LogP contribution in [0.25, 0.3) is 0 Å². The molecule has 0 aromatic heterocycles. The highest BCUT2D eigenvalue weighted by atomic mass is 15.1. The normalized spacial score (nSPS) is 35.3. The SMILES string of the molecule is CC(C)(C)CN1CC2CCC(C2)C1. The molecule has 2 atom stereocenters. The molecule has 2 rings (SSSR count). The molecule has 13 heavy (non-hydrogen) atoms. The molecular weight excluding hydrogens is 158 g/mol. The summed E-state index contributed by atoms with van der Waals surface area (Å²) >= 11 is 0. The molecule has 0 N–H and O–H groups in total. The highest BCUT2D eigenvalue weighted by Gasteiger charge is 2.33. The van der Waals surface area contributed by atoms with Crippen LogP contribution < -0.4 is 0 Å². The summed E-state index contributed by atoms with van der Waals surface area (Å²) in [7, 11) is 0. The van der Waals surface area contributed by atoms with Gasteiger partial charge >= 0.3 is 0 Å². The van der Waals surface area contributed by atoms with Crippen LogP contribution >= 0.6 is 0 Å². The molecule has 1 aliphatic carbocycles. The summed E-state index contributed by atoms with van der Waals surface area (Å²) in [4.78, 5) is 2.70. The summed E-state index contributed by atoms with van der Waals surface area (Å²) in [5, 5.41) is 0. The van der Waals surface area contributed by atoms with E-state index < -0.39 is 0 Å². The van der Waals surface area contributed by atoms with Crippen molar-refractivity contribution in [2.24, 2.45) is 17.3 Å². The van der Waals surface area contributed by atoms with Crippen molar-refractivity contribution in [2.45, 2.75) is 40.0 Å². The lowest BCUT2D eigenvalue weighted by atomic mass is 9.92. The van der Waals surface area contributed by atoms with Gasteiger partial charge in [0.15, 0.2) is 0 Å². The highest BCUT2D eigenvalue weighted by Crippen LogP contribution is 2.37. The van der Waals surface area contributed by atoms with E-state index in [2.05, 4.69) is 25.7 Å². The fraction of sp³-hybridized carbons (Fsp3) is 1.00. The maximum absolute atomic E-state index is 2.70. The van der Waals surface area contributed by atoms with Crippen molar-refractivity contribution < 1.29 is 0 Å². The Kier molecular flexibility index (Phi) is 2.39. The predicted molar refractivity (Wildman–Crippen MR) is 56.7 cm³/mol. The first-order valence-electron chi connectivity index (χ1n) is 5.75. The molecule has 0 aromatic rings. The van der Waals surface area contributed by atoms with E-state index in [1.165, 1.54) is 38.9 Å². The maximum Gasteiger partial charge on any atom is 0.00303 e. The number of hydrogen-bond donors (Lipinski definition) is 0. The van der Waals surface area contributed by atoms with Crippen LogP contribution in [-0.2, 0) is 0 Å². The van der Waals surface area contributed by atoms with Gasteiger partial charge in [0.2, 0.25) is 0 Å². The second-order valence-electron chi connectivity index (χ2n) is 6.30. The molecule has 0 amide bonds. The molecule has 0 radical (unpaired) electrons. The Balaban J connectivity index is 1.88. The molecule has 1 nitrogen and oxygen atoms in total. The fourth-order valence-electron chi connectivity index (χ4n) is 3.11. The van der Waals surface area contributed by atoms with Crippen molar-refractivity contribution in [3.63, 3.8) is 0 Å². The molecule has 0 aromatic carbocycles. The molecule has 2 fully saturated rings. The molecule has 1 saturated heterocycles. The maximum atomic E-state index is 2.70. The van der Waals surface area contributed by atoms with Gasteiger partial charge in [0.25, 0.3) is 0 Å². The zero-order valence-electron chi connectivity index (χ0n) is 9.34. The average molecular weight is 181 g/mol. The molecule has 76 valence electrons. The van der Waals surface area contributed by atoms with Gasteiger partial charge in [-0.2, -0.15) is 0 Å². The van der Waals surface area contributed by atoms with Crippen LogP contribution in [0.15, 0.2) is 0 Å². The first-order valence-corrected chi connectivity index (χ1v) is 5.75. The molecule has 2 unspecified atom stereocenters. The lowest BCUT2D eigenvalue weighted by molar-refractivity contribution is 0.123. The van der Waals surface area contributed by atoms with Gasteiger partial charge in [0, 0.05) is 19.6 Å². The van der Waals surface area contributed by atoms with Crippen molar-refractivity contribution >= 4 is 0 Å². The lowest BCUT2D eigenvalue weighted by Crippen LogP contribution is -2.41. The Hall–Kier alpha value is -0.0400. The zero-order chi connectivity index (χ0) is 9.47. The van der Waals surface area contributed by atoms with Gasteiger partial charge in [0.05, 0.1) is 0 Å². The summed E-state index contributed by atoms with van der Waals surface area (Å²) in [5.74, 6) is 2.09. The summed E-state index contributed by atoms with van der Waals surface area (Å²) in [6.07, 6.45) is 4.54. The van der Waals surface area contributed by atoms with Gasteiger partial charge in [-0.1, -0.05) is 20.8 Å². The third kappa shape index (κ3) is 2.46. The topological polar surface area (TPSA) is 3.24 Å². The van der Waals surface area contributed by atoms with Gasteiger partial charge in [-0.15, -0.1) is 0 Å². The van der Waals surface area contributed by atoms with Gasteiger partial charge in [0.1, 0.15) is 0 Å². The summed E-state index contributed by atoms with van der Waals surface area (Å²) in [6, 6.07) is 0. The van der Waals surface area contributed by atoms with Gasteiger partial charge < -0.3 is 4.90 Å². The Bertz CT molecular complexity index is 168. The van der Waals surface area contributed by atoms with Crippen LogP contribution in [0, 0.1) is 17.3 Å². The monoisotopic (exact) mass is 181 g/mol. The van der Waals surface area contributed by atoms with E-state index in [1.54, 1.807) is 0 Å². The minimum Gasteiger partial charge on any atom is -0.302 e. The van der Waals surface area contributed by atoms with Crippen molar-refractivity contribution in [3.8, 4) is 0 Å². The summed E-state index contributed by atoms with van der Waals surface area (Å²) < 4.78 is 0. The minimum absolute atomic E-state index is 0.483.